The first-order chi connectivity index (χ1) is 9.86. The molecule has 0 atom stereocenters. The van der Waals surface area contributed by atoms with Gasteiger partial charge in [0.15, 0.2) is 0 Å². The average molecular weight is 265 g/mol. The molecule has 3 heteroatoms. The first-order valence-corrected chi connectivity index (χ1v) is 7.11. The SMILES string of the molecule is CCNCCc1ccc2nc(-c3ccccc3)[nH]c2c1. The normalized spacial score (nSPS) is 11.1. The minimum atomic E-state index is 0.935. The third-order valence-electron chi connectivity index (χ3n) is 3.43. The molecule has 0 bridgehead atoms. The van der Waals surface area contributed by atoms with Crippen LogP contribution in [0, 0.1) is 0 Å². The molecule has 0 saturated carbocycles. The van der Waals surface area contributed by atoms with Crippen LogP contribution in [0.2, 0.25) is 0 Å². The predicted octanol–water partition coefficient (Wildman–Crippen LogP) is 3.38. The fourth-order valence-corrected chi connectivity index (χ4v) is 2.35. The van der Waals surface area contributed by atoms with E-state index in [2.05, 4.69) is 52.5 Å². The molecule has 2 N–H and O–H groups in total. The Bertz CT molecular complexity index is 686. The van der Waals surface area contributed by atoms with Crippen LogP contribution < -0.4 is 5.32 Å². The zero-order valence-corrected chi connectivity index (χ0v) is 11.7. The van der Waals surface area contributed by atoms with Crippen LogP contribution in [0.1, 0.15) is 12.5 Å². The van der Waals surface area contributed by atoms with E-state index in [0.29, 0.717) is 0 Å². The molecule has 3 nitrogen and oxygen atoms in total. The van der Waals surface area contributed by atoms with Crippen LogP contribution in [0.25, 0.3) is 22.4 Å². The van der Waals surface area contributed by atoms with Crippen molar-refractivity contribution in [3.63, 3.8) is 0 Å². The van der Waals surface area contributed by atoms with Crippen molar-refractivity contribution < 1.29 is 0 Å². The number of H-pyrrole nitrogens is 1. The smallest absolute Gasteiger partial charge is 0.138 e. The molecule has 0 aliphatic rings. The summed E-state index contributed by atoms with van der Waals surface area (Å²) in [6, 6.07) is 16.7. The van der Waals surface area contributed by atoms with Gasteiger partial charge in [0.05, 0.1) is 11.0 Å². The Morgan fingerprint density at radius 3 is 2.75 bits per heavy atom. The molecule has 2 aromatic carbocycles. The molecule has 0 aliphatic heterocycles. The molecule has 0 spiro atoms. The van der Waals surface area contributed by atoms with Crippen molar-refractivity contribution in [2.24, 2.45) is 0 Å². The van der Waals surface area contributed by atoms with Crippen molar-refractivity contribution in [3.05, 3.63) is 54.1 Å². The average Bonchev–Trinajstić information content (AvgIpc) is 2.92. The number of nitrogens with one attached hydrogen (secondary N) is 2. The van der Waals surface area contributed by atoms with Gasteiger partial charge in [-0.05, 0) is 37.2 Å². The molecule has 1 aromatic heterocycles. The number of fused-ring (bicyclic) bond motifs is 1. The van der Waals surface area contributed by atoms with Crippen LogP contribution in [0.3, 0.4) is 0 Å². The predicted molar refractivity (Wildman–Crippen MR) is 83.8 cm³/mol. The number of hydrogen-bond donors (Lipinski definition) is 2. The van der Waals surface area contributed by atoms with Crippen molar-refractivity contribution in [3.8, 4) is 11.4 Å². The zero-order valence-electron chi connectivity index (χ0n) is 11.7. The van der Waals surface area contributed by atoms with Gasteiger partial charge in [0.1, 0.15) is 5.82 Å². The van der Waals surface area contributed by atoms with Gasteiger partial charge in [-0.15, -0.1) is 0 Å². The van der Waals surface area contributed by atoms with Gasteiger partial charge in [-0.2, -0.15) is 0 Å². The summed E-state index contributed by atoms with van der Waals surface area (Å²) in [5.41, 5.74) is 4.59. The van der Waals surface area contributed by atoms with Gasteiger partial charge in [-0.25, -0.2) is 4.98 Å². The lowest BCUT2D eigenvalue weighted by molar-refractivity contribution is 0.717. The summed E-state index contributed by atoms with van der Waals surface area (Å²) in [5, 5.41) is 3.35. The van der Waals surface area contributed by atoms with Crippen molar-refractivity contribution >= 4 is 11.0 Å². The second-order valence-electron chi connectivity index (χ2n) is 4.91. The topological polar surface area (TPSA) is 40.7 Å². The first-order valence-electron chi connectivity index (χ1n) is 7.11. The molecule has 102 valence electrons. The van der Waals surface area contributed by atoms with Crippen molar-refractivity contribution in [2.45, 2.75) is 13.3 Å². The molecule has 1 heterocycles. The van der Waals surface area contributed by atoms with E-state index in [9.17, 15) is 0 Å². The fraction of sp³-hybridized carbons (Fsp3) is 0.235. The number of benzene rings is 2. The Morgan fingerprint density at radius 1 is 1.10 bits per heavy atom. The standard InChI is InChI=1S/C17H19N3/c1-2-18-11-10-13-8-9-15-16(12-13)20-17(19-15)14-6-4-3-5-7-14/h3-9,12,18H,2,10-11H2,1H3,(H,19,20). The van der Waals surface area contributed by atoms with Crippen LogP contribution in [-0.4, -0.2) is 23.1 Å². The maximum absolute atomic E-state index is 4.65. The van der Waals surface area contributed by atoms with Gasteiger partial charge in [-0.1, -0.05) is 43.3 Å². The van der Waals surface area contributed by atoms with Gasteiger partial charge >= 0.3 is 0 Å². The summed E-state index contributed by atoms with van der Waals surface area (Å²) in [7, 11) is 0. The van der Waals surface area contributed by atoms with Gasteiger partial charge in [-0.3, -0.25) is 0 Å². The summed E-state index contributed by atoms with van der Waals surface area (Å²) in [5.74, 6) is 0.935. The Morgan fingerprint density at radius 2 is 1.95 bits per heavy atom. The van der Waals surface area contributed by atoms with Crippen LogP contribution in [0.5, 0.6) is 0 Å². The summed E-state index contributed by atoms with van der Waals surface area (Å²) in [6.45, 7) is 4.16. The highest BCUT2D eigenvalue weighted by molar-refractivity contribution is 5.80. The van der Waals surface area contributed by atoms with Gasteiger partial charge in [0.25, 0.3) is 0 Å². The molecule has 0 amide bonds. The quantitative estimate of drug-likeness (QED) is 0.694. The molecular weight excluding hydrogens is 246 g/mol. The number of nitrogens with zero attached hydrogens (tertiary/aromatic N) is 1. The maximum atomic E-state index is 4.65. The highest BCUT2D eigenvalue weighted by Gasteiger charge is 2.05. The van der Waals surface area contributed by atoms with E-state index in [1.165, 1.54) is 5.56 Å². The van der Waals surface area contributed by atoms with E-state index < -0.39 is 0 Å². The maximum Gasteiger partial charge on any atom is 0.138 e. The molecule has 20 heavy (non-hydrogen) atoms. The number of aromatic amines is 1. The number of likely N-dealkylation sites (N-methyl/N-ethyl adjacent to an activating group) is 1. The monoisotopic (exact) mass is 265 g/mol. The van der Waals surface area contributed by atoms with Crippen LogP contribution in [0.15, 0.2) is 48.5 Å². The van der Waals surface area contributed by atoms with E-state index in [4.69, 9.17) is 0 Å². The van der Waals surface area contributed by atoms with Crippen molar-refractivity contribution in [2.75, 3.05) is 13.1 Å². The van der Waals surface area contributed by atoms with Crippen LogP contribution in [-0.2, 0) is 6.42 Å². The summed E-state index contributed by atoms with van der Waals surface area (Å²) in [6.07, 6.45) is 1.05. The minimum absolute atomic E-state index is 0.935. The molecule has 3 aromatic rings. The molecule has 0 aliphatic carbocycles. The number of imidazole rings is 1. The van der Waals surface area contributed by atoms with Gasteiger partial charge in [0.2, 0.25) is 0 Å². The van der Waals surface area contributed by atoms with E-state index in [-0.39, 0.29) is 0 Å². The number of aromatic nitrogens is 2. The summed E-state index contributed by atoms with van der Waals surface area (Å²) >= 11 is 0. The summed E-state index contributed by atoms with van der Waals surface area (Å²) < 4.78 is 0. The second kappa shape index (κ2) is 5.88. The highest BCUT2D eigenvalue weighted by Crippen LogP contribution is 2.21. The van der Waals surface area contributed by atoms with E-state index in [1.807, 2.05) is 18.2 Å². The lowest BCUT2D eigenvalue weighted by atomic mass is 10.1. The molecule has 0 fully saturated rings. The Kier molecular flexibility index (Phi) is 3.79. The lowest BCUT2D eigenvalue weighted by Gasteiger charge is -2.01. The van der Waals surface area contributed by atoms with Crippen molar-refractivity contribution in [1.82, 2.24) is 15.3 Å². The molecule has 0 radical (unpaired) electrons. The van der Waals surface area contributed by atoms with E-state index in [1.54, 1.807) is 0 Å². The van der Waals surface area contributed by atoms with E-state index in [0.717, 1.165) is 41.9 Å². The first kappa shape index (κ1) is 12.9. The molecular formula is C17H19N3. The second-order valence-corrected chi connectivity index (χ2v) is 4.91. The van der Waals surface area contributed by atoms with Gasteiger partial charge in [0, 0.05) is 5.56 Å². The largest absolute Gasteiger partial charge is 0.338 e. The third-order valence-corrected chi connectivity index (χ3v) is 3.43. The third kappa shape index (κ3) is 2.73. The molecule has 0 unspecified atom stereocenters. The van der Waals surface area contributed by atoms with Crippen molar-refractivity contribution in [1.29, 1.82) is 0 Å². The minimum Gasteiger partial charge on any atom is -0.338 e. The van der Waals surface area contributed by atoms with Crippen LogP contribution >= 0.6 is 0 Å². The molecule has 0 saturated heterocycles. The number of hydrogen-bond acceptors (Lipinski definition) is 2. The number of rotatable bonds is 5. The Labute approximate surface area is 119 Å². The highest BCUT2D eigenvalue weighted by atomic mass is 14.9. The molecule has 3 rings (SSSR count). The Hall–Kier alpha value is -2.13. The van der Waals surface area contributed by atoms with Gasteiger partial charge < -0.3 is 10.3 Å². The summed E-state index contributed by atoms with van der Waals surface area (Å²) in [4.78, 5) is 8.06. The Balaban J connectivity index is 1.88. The van der Waals surface area contributed by atoms with Crippen LogP contribution in [0.4, 0.5) is 0 Å². The van der Waals surface area contributed by atoms with E-state index >= 15 is 0 Å². The zero-order chi connectivity index (χ0) is 13.8. The fourth-order valence-electron chi connectivity index (χ4n) is 2.35. The lowest BCUT2D eigenvalue weighted by Crippen LogP contribution is -2.15.